The first-order valence-corrected chi connectivity index (χ1v) is 4.64. The van der Waals surface area contributed by atoms with Crippen molar-refractivity contribution in [3.8, 4) is 12.1 Å². The molecule has 0 aliphatic heterocycles. The number of halogens is 3. The van der Waals surface area contributed by atoms with Crippen molar-refractivity contribution in [1.82, 2.24) is 4.98 Å². The van der Waals surface area contributed by atoms with E-state index >= 15 is 0 Å². The van der Waals surface area contributed by atoms with Crippen molar-refractivity contribution in [2.45, 2.75) is 12.8 Å². The summed E-state index contributed by atoms with van der Waals surface area (Å²) in [6, 6.07) is 4.82. The van der Waals surface area contributed by atoms with Gasteiger partial charge in [0.05, 0.1) is 23.7 Å². The first-order valence-electron chi connectivity index (χ1n) is 3.84. The average Bonchev–Trinajstić information content (AvgIpc) is 2.20. The molecule has 15 heavy (non-hydrogen) atoms. The van der Waals surface area contributed by atoms with Gasteiger partial charge in [0, 0.05) is 4.47 Å². The predicted octanol–water partition coefficient (Wildman–Crippen LogP) is 2.72. The van der Waals surface area contributed by atoms with Gasteiger partial charge in [-0.15, -0.1) is 0 Å². The van der Waals surface area contributed by atoms with E-state index in [1.54, 1.807) is 12.1 Å². The van der Waals surface area contributed by atoms with E-state index in [0.29, 0.717) is 0 Å². The second kappa shape index (κ2) is 4.81. The second-order valence-corrected chi connectivity index (χ2v) is 3.45. The van der Waals surface area contributed by atoms with Gasteiger partial charge in [-0.2, -0.15) is 10.5 Å². The fraction of sp³-hybridized carbons (Fsp3) is 0.222. The van der Waals surface area contributed by atoms with Crippen LogP contribution in [-0.4, -0.2) is 4.98 Å². The minimum Gasteiger partial charge on any atom is -0.248 e. The van der Waals surface area contributed by atoms with Crippen LogP contribution in [0, 0.1) is 22.7 Å². The molecule has 0 aromatic carbocycles. The molecule has 0 amide bonds. The molecule has 0 fully saturated rings. The summed E-state index contributed by atoms with van der Waals surface area (Å²) in [4.78, 5) is 3.59. The third kappa shape index (κ3) is 2.48. The van der Waals surface area contributed by atoms with Crippen LogP contribution < -0.4 is 0 Å². The van der Waals surface area contributed by atoms with E-state index in [1.807, 2.05) is 0 Å². The van der Waals surface area contributed by atoms with E-state index in [4.69, 9.17) is 10.5 Å². The summed E-state index contributed by atoms with van der Waals surface area (Å²) in [5, 5.41) is 17.1. The van der Waals surface area contributed by atoms with E-state index < -0.39 is 12.1 Å². The number of alkyl halides is 2. The van der Waals surface area contributed by atoms with Crippen LogP contribution in [-0.2, 0) is 6.42 Å². The average molecular weight is 272 g/mol. The Bertz CT molecular complexity index is 460. The highest BCUT2D eigenvalue weighted by Crippen LogP contribution is 2.27. The number of nitriles is 2. The Labute approximate surface area is 93.1 Å². The molecule has 0 saturated carbocycles. The zero-order valence-electron chi connectivity index (χ0n) is 7.34. The summed E-state index contributed by atoms with van der Waals surface area (Å²) in [5.74, 6) is 0. The van der Waals surface area contributed by atoms with Gasteiger partial charge in [-0.1, -0.05) is 0 Å². The minimum absolute atomic E-state index is 0.0794. The molecule has 0 N–H and O–H groups in total. The standard InChI is InChI=1S/C9H4BrF2N3/c10-6-3-5(4-14)7(1-2-13)15-8(6)9(11)12/h3,9H,1H2. The molecule has 0 spiro atoms. The lowest BCUT2D eigenvalue weighted by Crippen LogP contribution is -2.00. The van der Waals surface area contributed by atoms with E-state index in [-0.39, 0.29) is 22.2 Å². The van der Waals surface area contributed by atoms with Gasteiger partial charge in [0.15, 0.2) is 0 Å². The van der Waals surface area contributed by atoms with Crippen LogP contribution in [0.1, 0.15) is 23.4 Å². The fourth-order valence-electron chi connectivity index (χ4n) is 1.00. The van der Waals surface area contributed by atoms with Crippen molar-refractivity contribution in [3.05, 3.63) is 27.5 Å². The summed E-state index contributed by atoms with van der Waals surface area (Å²) < 4.78 is 24.9. The van der Waals surface area contributed by atoms with Crippen molar-refractivity contribution in [2.24, 2.45) is 0 Å². The van der Waals surface area contributed by atoms with Gasteiger partial charge in [-0.25, -0.2) is 13.8 Å². The second-order valence-electron chi connectivity index (χ2n) is 2.60. The maximum absolute atomic E-state index is 12.4. The Morgan fingerprint density at radius 1 is 1.47 bits per heavy atom. The molecule has 6 heteroatoms. The molecule has 1 aromatic heterocycles. The molecule has 3 nitrogen and oxygen atoms in total. The van der Waals surface area contributed by atoms with Gasteiger partial charge >= 0.3 is 0 Å². The molecular formula is C9H4BrF2N3. The summed E-state index contributed by atoms with van der Waals surface area (Å²) >= 11 is 2.90. The molecule has 0 radical (unpaired) electrons. The third-order valence-electron chi connectivity index (χ3n) is 1.66. The van der Waals surface area contributed by atoms with E-state index in [9.17, 15) is 8.78 Å². The molecule has 76 valence electrons. The van der Waals surface area contributed by atoms with Crippen molar-refractivity contribution in [2.75, 3.05) is 0 Å². The largest absolute Gasteiger partial charge is 0.281 e. The lowest BCUT2D eigenvalue weighted by Gasteiger charge is -2.05. The van der Waals surface area contributed by atoms with E-state index in [1.165, 1.54) is 6.07 Å². The maximum atomic E-state index is 12.4. The lowest BCUT2D eigenvalue weighted by molar-refractivity contribution is 0.145. The van der Waals surface area contributed by atoms with Crippen LogP contribution >= 0.6 is 15.9 Å². The quantitative estimate of drug-likeness (QED) is 0.831. The zero-order valence-corrected chi connectivity index (χ0v) is 8.92. The number of pyridine rings is 1. The van der Waals surface area contributed by atoms with Gasteiger partial charge in [0.25, 0.3) is 6.43 Å². The van der Waals surface area contributed by atoms with E-state index in [2.05, 4.69) is 20.9 Å². The van der Waals surface area contributed by atoms with Crippen LogP contribution in [0.25, 0.3) is 0 Å². The predicted molar refractivity (Wildman–Crippen MR) is 50.9 cm³/mol. The molecule has 1 aromatic rings. The summed E-state index contributed by atoms with van der Waals surface area (Å²) in [7, 11) is 0. The van der Waals surface area contributed by atoms with Gasteiger partial charge in [0.1, 0.15) is 11.8 Å². The smallest absolute Gasteiger partial charge is 0.248 e. The SMILES string of the molecule is N#CCc1nc(C(F)F)c(Br)cc1C#N. The highest BCUT2D eigenvalue weighted by Gasteiger charge is 2.17. The minimum atomic E-state index is -2.73. The lowest BCUT2D eigenvalue weighted by atomic mass is 10.1. The molecule has 0 unspecified atom stereocenters. The molecule has 0 atom stereocenters. The van der Waals surface area contributed by atoms with Crippen LogP contribution in [0.15, 0.2) is 10.5 Å². The summed E-state index contributed by atoms with van der Waals surface area (Å²) in [5.41, 5.74) is -0.231. The van der Waals surface area contributed by atoms with Crippen molar-refractivity contribution in [3.63, 3.8) is 0 Å². The first-order chi connectivity index (χ1) is 7.10. The number of hydrogen-bond donors (Lipinski definition) is 0. The van der Waals surface area contributed by atoms with Crippen LogP contribution in [0.3, 0.4) is 0 Å². The number of hydrogen-bond acceptors (Lipinski definition) is 3. The highest BCUT2D eigenvalue weighted by molar-refractivity contribution is 9.10. The summed E-state index contributed by atoms with van der Waals surface area (Å²) in [6.45, 7) is 0. The highest BCUT2D eigenvalue weighted by atomic mass is 79.9. The normalized spacial score (nSPS) is 9.73. The molecule has 0 aliphatic rings. The van der Waals surface area contributed by atoms with Crippen LogP contribution in [0.5, 0.6) is 0 Å². The summed E-state index contributed by atoms with van der Waals surface area (Å²) in [6.07, 6.45) is -2.89. The van der Waals surface area contributed by atoms with Crippen molar-refractivity contribution in [1.29, 1.82) is 10.5 Å². The maximum Gasteiger partial charge on any atom is 0.281 e. The Morgan fingerprint density at radius 2 is 2.13 bits per heavy atom. The number of aromatic nitrogens is 1. The van der Waals surface area contributed by atoms with Crippen LogP contribution in [0.2, 0.25) is 0 Å². The molecule has 0 aliphatic carbocycles. The third-order valence-corrected chi connectivity index (χ3v) is 2.29. The van der Waals surface area contributed by atoms with Gasteiger partial charge in [-0.3, -0.25) is 0 Å². The Hall–Kier alpha value is -1.53. The Morgan fingerprint density at radius 3 is 2.60 bits per heavy atom. The first kappa shape index (κ1) is 11.5. The van der Waals surface area contributed by atoms with Gasteiger partial charge < -0.3 is 0 Å². The van der Waals surface area contributed by atoms with Gasteiger partial charge in [0.2, 0.25) is 0 Å². The Balaban J connectivity index is 3.33. The van der Waals surface area contributed by atoms with Crippen molar-refractivity contribution < 1.29 is 8.78 Å². The molecule has 0 saturated heterocycles. The molecular weight excluding hydrogens is 268 g/mol. The molecule has 1 rings (SSSR count). The van der Waals surface area contributed by atoms with E-state index in [0.717, 1.165) is 0 Å². The van der Waals surface area contributed by atoms with Crippen LogP contribution in [0.4, 0.5) is 8.78 Å². The Kier molecular flexibility index (Phi) is 3.70. The monoisotopic (exact) mass is 271 g/mol. The zero-order chi connectivity index (χ0) is 11.4. The number of rotatable bonds is 2. The molecule has 1 heterocycles. The number of nitrogens with zero attached hydrogens (tertiary/aromatic N) is 3. The topological polar surface area (TPSA) is 60.5 Å². The van der Waals surface area contributed by atoms with Crippen molar-refractivity contribution >= 4 is 15.9 Å². The molecule has 0 bridgehead atoms. The fourth-order valence-corrected chi connectivity index (χ4v) is 1.49. The van der Waals surface area contributed by atoms with Gasteiger partial charge in [-0.05, 0) is 22.0 Å².